The molecule has 4 rings (SSSR count). The lowest BCUT2D eigenvalue weighted by Gasteiger charge is -2.55. The summed E-state index contributed by atoms with van der Waals surface area (Å²) in [6.45, 7) is 15.6. The number of fused-ring (bicyclic) bond motifs is 5. The minimum atomic E-state index is -0.537. The highest BCUT2D eigenvalue weighted by atomic mass is 16.6. The summed E-state index contributed by atoms with van der Waals surface area (Å²) < 4.78 is 17.4. The fourth-order valence-corrected chi connectivity index (χ4v) is 11.0. The van der Waals surface area contributed by atoms with Gasteiger partial charge in [-0.05, 0) is 132 Å². The highest BCUT2D eigenvalue weighted by molar-refractivity contribution is 5.71. The van der Waals surface area contributed by atoms with Crippen LogP contribution in [0.15, 0.2) is 35.5 Å². The maximum Gasteiger partial charge on any atom is 0.306 e. The van der Waals surface area contributed by atoms with Crippen LogP contribution in [0, 0.1) is 40.4 Å². The number of hydrogen-bond donors (Lipinski definition) is 0. The van der Waals surface area contributed by atoms with E-state index in [-0.39, 0.29) is 48.9 Å². The molecule has 56 heavy (non-hydrogen) atoms. The van der Waals surface area contributed by atoms with Crippen LogP contribution in [0.1, 0.15) is 176 Å². The largest absolute Gasteiger partial charge is 0.462 e. The predicted molar refractivity (Wildman–Crippen MR) is 228 cm³/mol. The summed E-state index contributed by atoms with van der Waals surface area (Å²) in [6.07, 6.45) is 28.1. The van der Waals surface area contributed by atoms with E-state index in [1.165, 1.54) is 69.8 Å². The van der Waals surface area contributed by atoms with Crippen LogP contribution in [-0.2, 0) is 28.6 Å². The first-order valence-corrected chi connectivity index (χ1v) is 23.0. The van der Waals surface area contributed by atoms with Crippen molar-refractivity contribution in [3.8, 4) is 0 Å². The van der Waals surface area contributed by atoms with Gasteiger partial charge in [-0.15, -0.1) is 0 Å². The first kappa shape index (κ1) is 46.3. The Bertz CT molecular complexity index is 1350. The van der Waals surface area contributed by atoms with Crippen molar-refractivity contribution < 1.29 is 28.6 Å². The monoisotopic (exact) mass is 780 g/mol. The normalized spacial score (nSPS) is 28.2. The Morgan fingerprint density at radius 2 is 1.57 bits per heavy atom. The number of carbonyl (C=O) groups is 3. The fourth-order valence-electron chi connectivity index (χ4n) is 11.0. The van der Waals surface area contributed by atoms with E-state index in [1.54, 1.807) is 5.57 Å². The fraction of sp³-hybridized carbons (Fsp3) is 0.816. The first-order valence-electron chi connectivity index (χ1n) is 23.0. The maximum atomic E-state index is 13.3. The molecule has 0 radical (unpaired) electrons. The Kier molecular flexibility index (Phi) is 18.7. The third kappa shape index (κ3) is 13.3. The molecule has 0 aromatic rings. The number of rotatable bonds is 24. The average Bonchev–Trinajstić information content (AvgIpc) is 3.51. The number of hydrogen-bond acceptors (Lipinski definition) is 7. The molecule has 0 aliphatic heterocycles. The van der Waals surface area contributed by atoms with E-state index in [4.69, 9.17) is 14.2 Å². The summed E-state index contributed by atoms with van der Waals surface area (Å²) in [5, 5.41) is 0. The number of nitrogens with zero attached hydrogens (tertiary/aromatic N) is 1. The van der Waals surface area contributed by atoms with Crippen molar-refractivity contribution in [3.05, 3.63) is 35.5 Å². The molecule has 3 fully saturated rings. The predicted octanol–water partition coefficient (Wildman–Crippen LogP) is 11.7. The lowest BCUT2D eigenvalue weighted by Crippen LogP contribution is -2.46. The summed E-state index contributed by atoms with van der Waals surface area (Å²) >= 11 is 0. The van der Waals surface area contributed by atoms with Crippen molar-refractivity contribution in [1.29, 1.82) is 0 Å². The Hall–Kier alpha value is -2.41. The minimum Gasteiger partial charge on any atom is -0.462 e. The first-order chi connectivity index (χ1) is 26.8. The molecule has 0 aromatic carbocycles. The van der Waals surface area contributed by atoms with E-state index in [0.29, 0.717) is 42.9 Å². The van der Waals surface area contributed by atoms with Gasteiger partial charge in [0.2, 0.25) is 0 Å². The summed E-state index contributed by atoms with van der Waals surface area (Å²) in [5.41, 5.74) is 3.72. The highest BCUT2D eigenvalue weighted by Gasteiger charge is 2.57. The summed E-state index contributed by atoms with van der Waals surface area (Å²) in [4.78, 5) is 40.6. The van der Waals surface area contributed by atoms with Gasteiger partial charge >= 0.3 is 17.9 Å². The van der Waals surface area contributed by atoms with Crippen LogP contribution in [0.3, 0.4) is 0 Å². The molecule has 4 aliphatic carbocycles. The molecule has 0 aromatic heterocycles. The zero-order valence-corrected chi connectivity index (χ0v) is 37.0. The van der Waals surface area contributed by atoms with Crippen LogP contribution in [0.5, 0.6) is 0 Å². The third-order valence-electron chi connectivity index (χ3n) is 14.4. The Balaban J connectivity index is 1.28. The Morgan fingerprint density at radius 1 is 0.804 bits per heavy atom. The van der Waals surface area contributed by atoms with Crippen LogP contribution in [-0.4, -0.2) is 62.3 Å². The minimum absolute atomic E-state index is 0.130. The second kappa shape index (κ2) is 22.7. The van der Waals surface area contributed by atoms with Gasteiger partial charge in [0.15, 0.2) is 0 Å². The summed E-state index contributed by atoms with van der Waals surface area (Å²) in [5.74, 6) is 2.85. The second-order valence-corrected chi connectivity index (χ2v) is 19.4. The average molecular weight is 780 g/mol. The molecule has 4 aliphatic rings. The number of allylic oxidation sites excluding steroid dienone is 4. The lowest BCUT2D eigenvalue weighted by molar-refractivity contribution is -0.156. The highest BCUT2D eigenvalue weighted by Crippen LogP contribution is 2.66. The molecule has 0 amide bonds. The Morgan fingerprint density at radius 3 is 2.30 bits per heavy atom. The number of ether oxygens (including phenoxy) is 3. The molecule has 0 N–H and O–H groups in total. The zero-order valence-electron chi connectivity index (χ0n) is 37.0. The molecular weight excluding hydrogens is 699 g/mol. The van der Waals surface area contributed by atoms with E-state index in [0.717, 1.165) is 56.4 Å². The zero-order chi connectivity index (χ0) is 40.7. The lowest BCUT2D eigenvalue weighted by atomic mass is 9.50. The van der Waals surface area contributed by atoms with Crippen molar-refractivity contribution in [2.45, 2.75) is 189 Å². The van der Waals surface area contributed by atoms with E-state index < -0.39 is 6.10 Å². The standard InChI is InChI=1S/C49H81NO6/c1-9-10-11-12-13-14-15-34-54-45(51)27-22-39(55-46(52)20-17-33-50(7)8)23-28-47(53)56-40-29-31-48(5)38(35-40)21-24-41-43-26-25-42(37(4)19-16-18-36(2)3)49(43,6)32-30-44(41)48/h14-15,21,24,36-37,39-40,42-44H,9-13,16-20,22-23,25-35H2,1-8H3/b15-14+. The van der Waals surface area contributed by atoms with Crippen LogP contribution in [0.2, 0.25) is 0 Å². The number of unbranched alkanes of at least 4 members (excludes halogenated alkanes) is 4. The van der Waals surface area contributed by atoms with Gasteiger partial charge in [-0.2, -0.15) is 0 Å². The van der Waals surface area contributed by atoms with Gasteiger partial charge in [-0.3, -0.25) is 14.4 Å². The van der Waals surface area contributed by atoms with Gasteiger partial charge in [-0.25, -0.2) is 0 Å². The molecule has 0 spiro atoms. The third-order valence-corrected chi connectivity index (χ3v) is 14.4. The molecular formula is C49H81NO6. The van der Waals surface area contributed by atoms with E-state index in [2.05, 4.69) is 59.8 Å². The van der Waals surface area contributed by atoms with Crippen LogP contribution in [0.4, 0.5) is 0 Å². The van der Waals surface area contributed by atoms with Crippen molar-refractivity contribution in [2.24, 2.45) is 40.4 Å². The van der Waals surface area contributed by atoms with Crippen LogP contribution in [0.25, 0.3) is 0 Å². The topological polar surface area (TPSA) is 82.1 Å². The van der Waals surface area contributed by atoms with Crippen molar-refractivity contribution in [2.75, 3.05) is 27.2 Å². The van der Waals surface area contributed by atoms with E-state index in [1.807, 2.05) is 25.1 Å². The van der Waals surface area contributed by atoms with Crippen molar-refractivity contribution in [3.63, 3.8) is 0 Å². The van der Waals surface area contributed by atoms with Gasteiger partial charge in [0, 0.05) is 25.7 Å². The molecule has 318 valence electrons. The molecule has 0 bridgehead atoms. The van der Waals surface area contributed by atoms with Gasteiger partial charge < -0.3 is 19.1 Å². The van der Waals surface area contributed by atoms with Crippen molar-refractivity contribution >= 4 is 17.9 Å². The van der Waals surface area contributed by atoms with Crippen LogP contribution >= 0.6 is 0 Å². The van der Waals surface area contributed by atoms with Gasteiger partial charge in [0.1, 0.15) is 18.8 Å². The van der Waals surface area contributed by atoms with Gasteiger partial charge in [-0.1, -0.05) is 116 Å². The number of esters is 3. The Labute approximate surface area is 342 Å². The SMILES string of the molecule is CCCCCC/C=C/COC(=O)CCC(CCC(=O)OC1CCC2(C)C(=CC=C3C2CCC2(C)C3CCC2C(C)CCCC(C)C)C1)OC(=O)CCCN(C)C. The molecule has 3 saturated carbocycles. The molecule has 8 unspecified atom stereocenters. The molecule has 8 atom stereocenters. The quantitative estimate of drug-likeness (QED) is 0.0417. The van der Waals surface area contributed by atoms with Gasteiger partial charge in [0.25, 0.3) is 0 Å². The van der Waals surface area contributed by atoms with Crippen LogP contribution < -0.4 is 0 Å². The summed E-state index contributed by atoms with van der Waals surface area (Å²) in [6, 6.07) is 0. The molecule has 0 saturated heterocycles. The molecule has 7 heteroatoms. The van der Waals surface area contributed by atoms with E-state index >= 15 is 0 Å². The second-order valence-electron chi connectivity index (χ2n) is 19.4. The summed E-state index contributed by atoms with van der Waals surface area (Å²) in [7, 11) is 3.95. The van der Waals surface area contributed by atoms with Gasteiger partial charge in [0.05, 0.1) is 0 Å². The number of carbonyl (C=O) groups excluding carboxylic acids is 3. The maximum absolute atomic E-state index is 13.3. The molecule has 0 heterocycles. The van der Waals surface area contributed by atoms with E-state index in [9.17, 15) is 14.4 Å². The smallest absolute Gasteiger partial charge is 0.306 e. The molecule has 7 nitrogen and oxygen atoms in total. The van der Waals surface area contributed by atoms with Crippen molar-refractivity contribution in [1.82, 2.24) is 4.90 Å².